The van der Waals surface area contributed by atoms with E-state index >= 15 is 0 Å². The van der Waals surface area contributed by atoms with Crippen LogP contribution in [0.4, 0.5) is 0 Å². The lowest BCUT2D eigenvalue weighted by Crippen LogP contribution is -2.27. The van der Waals surface area contributed by atoms with Crippen LogP contribution in [-0.4, -0.2) is 28.2 Å². The van der Waals surface area contributed by atoms with E-state index in [1.165, 1.54) is 19.2 Å². The van der Waals surface area contributed by atoms with Gasteiger partial charge in [0.25, 0.3) is 0 Å². The van der Waals surface area contributed by atoms with E-state index in [4.69, 9.17) is 26.4 Å². The number of nitriles is 1. The minimum atomic E-state index is -0.496. The van der Waals surface area contributed by atoms with Gasteiger partial charge in [0.05, 0.1) is 22.9 Å². The molecule has 2 rings (SSSR count). The van der Waals surface area contributed by atoms with Crippen LogP contribution in [0, 0.1) is 18.3 Å². The fraction of sp³-hybridized carbons (Fsp3) is 0.308. The first-order valence-electron chi connectivity index (χ1n) is 6.13. The first-order valence-corrected chi connectivity index (χ1v) is 6.51. The summed E-state index contributed by atoms with van der Waals surface area (Å²) in [6.45, 7) is 3.81. The van der Waals surface area contributed by atoms with E-state index in [0.29, 0.717) is 29.4 Å². The average molecular weight is 309 g/mol. The molecule has 21 heavy (non-hydrogen) atoms. The van der Waals surface area contributed by atoms with Crippen molar-refractivity contribution in [2.45, 2.75) is 13.8 Å². The first-order chi connectivity index (χ1) is 10.0. The predicted octanol–water partition coefficient (Wildman–Crippen LogP) is 1.32. The zero-order chi connectivity index (χ0) is 15.6. The number of benzene rings is 1. The van der Waals surface area contributed by atoms with Crippen molar-refractivity contribution >= 4 is 11.6 Å². The molecule has 0 aliphatic heterocycles. The normalized spacial score (nSPS) is 10.2. The Morgan fingerprint density at radius 2 is 2.19 bits per heavy atom. The maximum atomic E-state index is 12.2. The third kappa shape index (κ3) is 2.58. The molecule has 7 nitrogen and oxygen atoms in total. The number of hydrogen-bond donors (Lipinski definition) is 0. The van der Waals surface area contributed by atoms with Crippen molar-refractivity contribution in [3.05, 3.63) is 39.0 Å². The molecule has 0 saturated heterocycles. The molecule has 0 saturated carbocycles. The van der Waals surface area contributed by atoms with Gasteiger partial charge >= 0.3 is 5.69 Å². The van der Waals surface area contributed by atoms with Crippen molar-refractivity contribution in [3.63, 3.8) is 0 Å². The maximum Gasteiger partial charge on any atom is 0.384 e. The second-order valence-corrected chi connectivity index (χ2v) is 4.47. The summed E-state index contributed by atoms with van der Waals surface area (Å²) in [5, 5.41) is 13.4. The summed E-state index contributed by atoms with van der Waals surface area (Å²) in [4.78, 5) is 17.1. The summed E-state index contributed by atoms with van der Waals surface area (Å²) < 4.78 is 7.52. The van der Waals surface area contributed by atoms with E-state index in [0.717, 1.165) is 9.41 Å². The Kier molecular flexibility index (Phi) is 4.19. The summed E-state index contributed by atoms with van der Waals surface area (Å²) in [5.41, 5.74) is 0.119. The number of ether oxygens (including phenoxy) is 1. The summed E-state index contributed by atoms with van der Waals surface area (Å²) in [5.74, 6) is 0.719. The van der Waals surface area contributed by atoms with Crippen LogP contribution in [0.1, 0.15) is 18.3 Å². The Morgan fingerprint density at radius 1 is 1.48 bits per heavy atom. The number of rotatable bonds is 4. The molecule has 0 amide bonds. The fourth-order valence-electron chi connectivity index (χ4n) is 1.89. The fourth-order valence-corrected chi connectivity index (χ4v) is 2.13. The summed E-state index contributed by atoms with van der Waals surface area (Å²) in [6.07, 6.45) is 0. The number of aromatic nitrogens is 3. The van der Waals surface area contributed by atoms with Crippen LogP contribution in [0.2, 0.25) is 5.02 Å². The Morgan fingerprint density at radius 3 is 2.71 bits per heavy atom. The molecule has 0 aliphatic carbocycles. The first kappa shape index (κ1) is 14.9. The quantitative estimate of drug-likeness (QED) is 0.851. The molecule has 0 aliphatic rings. The van der Waals surface area contributed by atoms with Gasteiger partial charge in [0.15, 0.2) is 5.82 Å². The molecule has 0 atom stereocenters. The van der Waals surface area contributed by atoms with Gasteiger partial charge in [0.2, 0.25) is 0 Å². The average Bonchev–Trinajstić information content (AvgIpc) is 2.75. The lowest BCUT2D eigenvalue weighted by Gasteiger charge is -2.09. The molecule has 0 unspecified atom stereocenters. The van der Waals surface area contributed by atoms with Gasteiger partial charge in [-0.25, -0.2) is 4.79 Å². The smallest absolute Gasteiger partial charge is 0.384 e. The highest BCUT2D eigenvalue weighted by atomic mass is 35.5. The minimum absolute atomic E-state index is 0.220. The van der Waals surface area contributed by atoms with Crippen LogP contribution >= 0.6 is 11.6 Å². The largest absolute Gasteiger partial charge is 0.492 e. The van der Waals surface area contributed by atoms with Gasteiger partial charge < -0.3 is 9.57 Å². The lowest BCUT2D eigenvalue weighted by molar-refractivity contribution is 0.151. The molecular formula is C13H13ClN4O3. The van der Waals surface area contributed by atoms with Gasteiger partial charge in [0, 0.05) is 6.07 Å². The van der Waals surface area contributed by atoms with Crippen LogP contribution in [0.25, 0.3) is 5.69 Å². The monoisotopic (exact) mass is 308 g/mol. The topological polar surface area (TPSA) is 82.1 Å². The molecule has 0 fully saturated rings. The molecule has 0 spiro atoms. The standard InChI is InChI=1S/C13H13ClN4O3/c1-4-21-12-6-11(10(14)5-9(12)7-15)17-13(19)18(20-3)8(2)16-17/h5-6H,4H2,1-3H3. The Balaban J connectivity index is 2.67. The predicted molar refractivity (Wildman–Crippen MR) is 76.0 cm³/mol. The van der Waals surface area contributed by atoms with Crippen LogP contribution in [0.3, 0.4) is 0 Å². The third-order valence-electron chi connectivity index (χ3n) is 2.77. The molecule has 1 aromatic carbocycles. The highest BCUT2D eigenvalue weighted by Crippen LogP contribution is 2.28. The molecule has 8 heteroatoms. The molecule has 110 valence electrons. The van der Waals surface area contributed by atoms with E-state index < -0.39 is 5.69 Å². The van der Waals surface area contributed by atoms with Gasteiger partial charge in [-0.1, -0.05) is 11.6 Å². The SMILES string of the molecule is CCOc1cc(-n2nc(C)n(OC)c2=O)c(Cl)cc1C#N. The molecule has 1 heterocycles. The van der Waals surface area contributed by atoms with Gasteiger partial charge in [-0.05, 0) is 19.9 Å². The van der Waals surface area contributed by atoms with Crippen molar-refractivity contribution in [1.29, 1.82) is 5.26 Å². The summed E-state index contributed by atoms with van der Waals surface area (Å²) in [6, 6.07) is 4.95. The third-order valence-corrected chi connectivity index (χ3v) is 3.08. The Labute approximate surface area is 125 Å². The van der Waals surface area contributed by atoms with E-state index in [2.05, 4.69) is 5.10 Å². The molecule has 0 bridgehead atoms. The van der Waals surface area contributed by atoms with Gasteiger partial charge in [-0.2, -0.15) is 9.94 Å². The zero-order valence-corrected chi connectivity index (χ0v) is 12.5. The number of aryl methyl sites for hydroxylation is 1. The van der Waals surface area contributed by atoms with Gasteiger partial charge in [0.1, 0.15) is 18.9 Å². The van der Waals surface area contributed by atoms with Gasteiger partial charge in [-0.15, -0.1) is 9.83 Å². The van der Waals surface area contributed by atoms with Crippen LogP contribution in [-0.2, 0) is 0 Å². The number of hydrogen-bond acceptors (Lipinski definition) is 5. The zero-order valence-electron chi connectivity index (χ0n) is 11.8. The number of nitrogens with zero attached hydrogens (tertiary/aromatic N) is 4. The molecule has 1 aromatic heterocycles. The second kappa shape index (κ2) is 5.89. The van der Waals surface area contributed by atoms with E-state index in [-0.39, 0.29) is 5.02 Å². The lowest BCUT2D eigenvalue weighted by atomic mass is 10.2. The van der Waals surface area contributed by atoms with E-state index in [1.54, 1.807) is 13.8 Å². The highest BCUT2D eigenvalue weighted by Gasteiger charge is 2.17. The van der Waals surface area contributed by atoms with Crippen molar-refractivity contribution < 1.29 is 9.57 Å². The van der Waals surface area contributed by atoms with Crippen LogP contribution in [0.15, 0.2) is 16.9 Å². The van der Waals surface area contributed by atoms with Crippen molar-refractivity contribution in [3.8, 4) is 17.5 Å². The van der Waals surface area contributed by atoms with E-state index in [9.17, 15) is 4.79 Å². The van der Waals surface area contributed by atoms with Crippen molar-refractivity contribution in [2.75, 3.05) is 13.7 Å². The summed E-state index contributed by atoms with van der Waals surface area (Å²) in [7, 11) is 1.37. The molecule has 0 N–H and O–H groups in total. The van der Waals surface area contributed by atoms with Crippen molar-refractivity contribution in [1.82, 2.24) is 14.5 Å². The van der Waals surface area contributed by atoms with Crippen LogP contribution < -0.4 is 15.3 Å². The Bertz CT molecular complexity index is 773. The highest BCUT2D eigenvalue weighted by molar-refractivity contribution is 6.32. The van der Waals surface area contributed by atoms with Crippen molar-refractivity contribution in [2.24, 2.45) is 0 Å². The Hall–Kier alpha value is -2.46. The molecular weight excluding hydrogens is 296 g/mol. The van der Waals surface area contributed by atoms with Gasteiger partial charge in [-0.3, -0.25) is 0 Å². The minimum Gasteiger partial charge on any atom is -0.492 e. The second-order valence-electron chi connectivity index (χ2n) is 4.06. The maximum absolute atomic E-state index is 12.2. The number of halogens is 1. The molecule has 2 aromatic rings. The van der Waals surface area contributed by atoms with E-state index in [1.807, 2.05) is 6.07 Å². The summed E-state index contributed by atoms with van der Waals surface area (Å²) >= 11 is 6.14. The van der Waals surface area contributed by atoms with Crippen LogP contribution in [0.5, 0.6) is 5.75 Å². The molecule has 0 radical (unpaired) electrons.